The first-order valence-electron chi connectivity index (χ1n) is 11.2. The van der Waals surface area contributed by atoms with Crippen LogP contribution in [0.25, 0.3) is 11.1 Å². The second kappa shape index (κ2) is 9.18. The highest BCUT2D eigenvalue weighted by molar-refractivity contribution is 6.33. The number of nitrogens with one attached hydrogen (secondary N) is 1. The molecule has 7 heteroatoms. The summed E-state index contributed by atoms with van der Waals surface area (Å²) >= 11 is 13.0. The van der Waals surface area contributed by atoms with E-state index in [2.05, 4.69) is 5.32 Å². The maximum atomic E-state index is 14.7. The summed E-state index contributed by atoms with van der Waals surface area (Å²) in [5.41, 5.74) is 1.59. The van der Waals surface area contributed by atoms with Crippen LogP contribution in [0.15, 0.2) is 60.3 Å². The van der Waals surface area contributed by atoms with Crippen molar-refractivity contribution >= 4 is 28.9 Å². The number of hydrogen-bond donors (Lipinski definition) is 1. The highest BCUT2D eigenvalue weighted by Gasteiger charge is 2.42. The first kappa shape index (κ1) is 25.6. The molecule has 0 heterocycles. The molecule has 35 heavy (non-hydrogen) atoms. The van der Waals surface area contributed by atoms with E-state index < -0.39 is 28.0 Å². The van der Waals surface area contributed by atoms with E-state index in [0.717, 1.165) is 11.8 Å². The summed E-state index contributed by atoms with van der Waals surface area (Å²) < 4.78 is 57.0. The van der Waals surface area contributed by atoms with Crippen molar-refractivity contribution in [2.75, 3.05) is 5.32 Å². The Kier molecular flexibility index (Phi) is 6.71. The molecule has 1 aliphatic carbocycles. The summed E-state index contributed by atoms with van der Waals surface area (Å²) in [7, 11) is 0. The van der Waals surface area contributed by atoms with Crippen LogP contribution in [-0.2, 0) is 12.1 Å². The van der Waals surface area contributed by atoms with Gasteiger partial charge in [0.2, 0.25) is 0 Å². The molecule has 0 saturated carbocycles. The summed E-state index contributed by atoms with van der Waals surface area (Å²) in [4.78, 5) is -0.687. The van der Waals surface area contributed by atoms with Gasteiger partial charge >= 0.3 is 0 Å². The van der Waals surface area contributed by atoms with E-state index in [-0.39, 0.29) is 11.5 Å². The van der Waals surface area contributed by atoms with Gasteiger partial charge in [-0.05, 0) is 93.3 Å². The molecular formula is C28H25Cl2F4N. The highest BCUT2D eigenvalue weighted by atomic mass is 35.5. The molecule has 0 amide bonds. The van der Waals surface area contributed by atoms with E-state index in [4.69, 9.17) is 23.2 Å². The third-order valence-electron chi connectivity index (χ3n) is 6.46. The fourth-order valence-corrected chi connectivity index (χ4v) is 5.07. The fourth-order valence-electron chi connectivity index (χ4n) is 4.54. The summed E-state index contributed by atoms with van der Waals surface area (Å²) in [5.74, 6) is -2.05. The number of allylic oxidation sites excluding steroid dienone is 2. The minimum Gasteiger partial charge on any atom is -0.359 e. The largest absolute Gasteiger partial charge is 0.359 e. The van der Waals surface area contributed by atoms with Crippen LogP contribution in [-0.4, -0.2) is 4.87 Å². The summed E-state index contributed by atoms with van der Waals surface area (Å²) in [6, 6.07) is 11.5. The maximum Gasteiger partial charge on any atom is 0.133 e. The summed E-state index contributed by atoms with van der Waals surface area (Å²) in [5, 5.41) is 3.62. The molecule has 4 rings (SSSR count). The molecule has 2 atom stereocenters. The number of hydrogen-bond acceptors (Lipinski definition) is 1. The standard InChI is InChI=1S/C28H25Cl2F4N/c1-15-21(27(2,3)34)9-16(11-24(15)32)10-22-26(14-28(22,4)30)35-18-6-8-23(29)20(13-18)19-7-5-17(31)12-25(19)33/h5-9,11-14,22,35H,10H2,1-4H3. The molecule has 3 aromatic carbocycles. The van der Waals surface area contributed by atoms with Gasteiger partial charge in [0.05, 0.1) is 4.87 Å². The van der Waals surface area contributed by atoms with Crippen LogP contribution in [0.1, 0.15) is 37.5 Å². The van der Waals surface area contributed by atoms with Gasteiger partial charge in [0.1, 0.15) is 23.1 Å². The molecule has 0 saturated heterocycles. The van der Waals surface area contributed by atoms with Crippen molar-refractivity contribution in [3.63, 3.8) is 0 Å². The maximum absolute atomic E-state index is 14.7. The zero-order chi connectivity index (χ0) is 25.7. The topological polar surface area (TPSA) is 12.0 Å². The van der Waals surface area contributed by atoms with Gasteiger partial charge in [-0.3, -0.25) is 0 Å². The van der Waals surface area contributed by atoms with Gasteiger partial charge in [-0.15, -0.1) is 11.6 Å². The normalized spacial score (nSPS) is 19.8. The molecule has 0 radical (unpaired) electrons. The SMILES string of the molecule is Cc1c(F)cc(CC2C(Nc3ccc(Cl)c(-c4ccc(F)cc4F)c3)=CC2(C)Cl)cc1C(C)(C)F. The van der Waals surface area contributed by atoms with Crippen LogP contribution in [0.4, 0.5) is 23.2 Å². The van der Waals surface area contributed by atoms with Crippen molar-refractivity contribution in [1.29, 1.82) is 0 Å². The molecule has 2 unspecified atom stereocenters. The van der Waals surface area contributed by atoms with Gasteiger partial charge in [-0.1, -0.05) is 17.7 Å². The van der Waals surface area contributed by atoms with Crippen LogP contribution in [0.2, 0.25) is 5.02 Å². The molecule has 0 aliphatic heterocycles. The molecule has 1 nitrogen and oxygen atoms in total. The van der Waals surface area contributed by atoms with E-state index in [1.165, 1.54) is 32.0 Å². The minimum absolute atomic E-state index is 0.179. The Morgan fingerprint density at radius 1 is 0.971 bits per heavy atom. The predicted octanol–water partition coefficient (Wildman–Crippen LogP) is 9.10. The lowest BCUT2D eigenvalue weighted by Crippen LogP contribution is -2.41. The average molecular weight is 522 g/mol. The molecule has 0 bridgehead atoms. The molecule has 3 aromatic rings. The Labute approximate surface area is 212 Å². The van der Waals surface area contributed by atoms with Gasteiger partial charge < -0.3 is 5.32 Å². The Hall–Kier alpha value is -2.50. The fraction of sp³-hybridized carbons (Fsp3) is 0.286. The molecular weight excluding hydrogens is 497 g/mol. The molecule has 184 valence electrons. The van der Waals surface area contributed by atoms with E-state index in [9.17, 15) is 17.6 Å². The van der Waals surface area contributed by atoms with Crippen molar-refractivity contribution in [2.45, 2.75) is 44.7 Å². The van der Waals surface area contributed by atoms with Crippen LogP contribution in [0.5, 0.6) is 0 Å². The van der Waals surface area contributed by atoms with E-state index >= 15 is 0 Å². The van der Waals surface area contributed by atoms with Crippen molar-refractivity contribution in [3.05, 3.63) is 99.5 Å². The van der Waals surface area contributed by atoms with Crippen LogP contribution >= 0.6 is 23.2 Å². The zero-order valence-corrected chi connectivity index (χ0v) is 21.3. The molecule has 1 aliphatic rings. The van der Waals surface area contributed by atoms with Crippen LogP contribution in [0.3, 0.4) is 0 Å². The molecule has 0 fully saturated rings. The second-order valence-corrected chi connectivity index (χ2v) is 10.9. The zero-order valence-electron chi connectivity index (χ0n) is 19.7. The lowest BCUT2D eigenvalue weighted by Gasteiger charge is -2.41. The molecule has 0 spiro atoms. The highest BCUT2D eigenvalue weighted by Crippen LogP contribution is 2.45. The Bertz CT molecular complexity index is 1330. The van der Waals surface area contributed by atoms with Crippen molar-refractivity contribution < 1.29 is 17.6 Å². The lowest BCUT2D eigenvalue weighted by atomic mass is 9.74. The second-order valence-electron chi connectivity index (χ2n) is 9.67. The molecule has 1 N–H and O–H groups in total. The quantitative estimate of drug-likeness (QED) is 0.252. The number of halogens is 6. The number of benzene rings is 3. The summed E-state index contributed by atoms with van der Waals surface area (Å²) in [6.45, 7) is 6.24. The smallest absolute Gasteiger partial charge is 0.133 e. The average Bonchev–Trinajstić information content (AvgIpc) is 2.74. The van der Waals surface area contributed by atoms with Crippen molar-refractivity contribution in [3.8, 4) is 11.1 Å². The van der Waals surface area contributed by atoms with E-state index in [0.29, 0.717) is 39.4 Å². The monoisotopic (exact) mass is 521 g/mol. The third-order valence-corrected chi connectivity index (χ3v) is 7.16. The van der Waals surface area contributed by atoms with E-state index in [1.807, 2.05) is 13.0 Å². The minimum atomic E-state index is -1.68. The number of rotatable bonds is 6. The predicted molar refractivity (Wildman–Crippen MR) is 135 cm³/mol. The van der Waals surface area contributed by atoms with Crippen molar-refractivity contribution in [2.24, 2.45) is 5.92 Å². The number of alkyl halides is 2. The Morgan fingerprint density at radius 3 is 2.31 bits per heavy atom. The Balaban J connectivity index is 1.61. The van der Waals surface area contributed by atoms with Crippen molar-refractivity contribution in [1.82, 2.24) is 0 Å². The van der Waals surface area contributed by atoms with Gasteiger partial charge in [-0.2, -0.15) is 0 Å². The number of anilines is 1. The van der Waals surface area contributed by atoms with Gasteiger partial charge in [0.15, 0.2) is 0 Å². The molecule has 0 aromatic heterocycles. The van der Waals surface area contributed by atoms with Gasteiger partial charge in [0, 0.05) is 39.5 Å². The van der Waals surface area contributed by atoms with Gasteiger partial charge in [-0.25, -0.2) is 17.6 Å². The summed E-state index contributed by atoms with van der Waals surface area (Å²) in [6.07, 6.45) is 2.25. The Morgan fingerprint density at radius 2 is 1.69 bits per heavy atom. The van der Waals surface area contributed by atoms with Crippen LogP contribution in [0, 0.1) is 30.3 Å². The van der Waals surface area contributed by atoms with Gasteiger partial charge in [0.25, 0.3) is 0 Å². The first-order valence-corrected chi connectivity index (χ1v) is 11.9. The lowest BCUT2D eigenvalue weighted by molar-refractivity contribution is 0.219. The first-order chi connectivity index (χ1) is 16.3. The van der Waals surface area contributed by atoms with E-state index in [1.54, 1.807) is 31.2 Å². The van der Waals surface area contributed by atoms with Crippen LogP contribution < -0.4 is 5.32 Å². The third kappa shape index (κ3) is 5.22.